The molecule has 5 aromatic carbocycles. The first-order valence-electron chi connectivity index (χ1n) is 29.2. The van der Waals surface area contributed by atoms with Gasteiger partial charge in [-0.3, -0.25) is 4.90 Å². The van der Waals surface area contributed by atoms with E-state index in [0.717, 1.165) is 43.7 Å². The Morgan fingerprint density at radius 2 is 1.04 bits per heavy atom. The average molecular weight is 983 g/mol. The molecule has 0 radical (unpaired) electrons. The van der Waals surface area contributed by atoms with Crippen molar-refractivity contribution in [3.05, 3.63) is 147 Å². The second kappa shape index (κ2) is 16.5. The van der Waals surface area contributed by atoms with E-state index in [1.807, 2.05) is 0 Å². The van der Waals surface area contributed by atoms with Crippen LogP contribution in [-0.4, -0.2) is 6.71 Å². The van der Waals surface area contributed by atoms with E-state index >= 15 is 0 Å². The van der Waals surface area contributed by atoms with Crippen molar-refractivity contribution in [2.75, 3.05) is 9.80 Å². The highest BCUT2D eigenvalue weighted by molar-refractivity contribution is 6.95. The molecule has 7 aliphatic rings. The summed E-state index contributed by atoms with van der Waals surface area (Å²) in [6, 6.07) is 33.2. The molecular formula is C70H87BN2O. The number of ether oxygens (including phenoxy) is 1. The monoisotopic (exact) mass is 983 g/mol. The summed E-state index contributed by atoms with van der Waals surface area (Å²) in [6.45, 7) is 41.9. The van der Waals surface area contributed by atoms with Gasteiger partial charge in [-0.05, 0) is 236 Å². The molecule has 5 aromatic rings. The summed E-state index contributed by atoms with van der Waals surface area (Å²) in [7, 11) is 0. The van der Waals surface area contributed by atoms with Crippen molar-refractivity contribution in [2.24, 2.45) is 10.8 Å². The number of benzene rings is 5. The molecule has 3 nitrogen and oxygen atoms in total. The zero-order valence-corrected chi connectivity index (χ0v) is 48.4. The standard InChI is InChI=1S/C70H87BN2O/c1-43-27-28-66(7,8)54-41-57-59(40-51(43)54)72(49-23-25-52-55(38-49)69(13,14)33-31-67(52,9)10)60-36-48(47-22-21-45-19-17-18-20-46(45)35-47)37-61-62(60)71(57)58-42-64(3,4)29-30-65(5,6)44(2)74-63(58)73(61)50-24-26-53-56(39-50)70(15,16)34-32-68(53,11)12/h21-26,35-41,43H,2,17-20,27-34,42H2,1,3-16H3. The molecule has 0 N–H and O–H groups in total. The minimum atomic E-state index is -0.223. The Labute approximate surface area is 447 Å². The van der Waals surface area contributed by atoms with Crippen LogP contribution in [0.15, 0.2) is 103 Å². The van der Waals surface area contributed by atoms with E-state index in [1.165, 1.54) is 152 Å². The van der Waals surface area contributed by atoms with E-state index in [4.69, 9.17) is 11.3 Å². The van der Waals surface area contributed by atoms with E-state index in [1.54, 1.807) is 0 Å². The van der Waals surface area contributed by atoms with Crippen LogP contribution >= 0.6 is 0 Å². The van der Waals surface area contributed by atoms with Crippen molar-refractivity contribution in [2.45, 2.75) is 220 Å². The van der Waals surface area contributed by atoms with Gasteiger partial charge in [-0.1, -0.05) is 147 Å². The van der Waals surface area contributed by atoms with Crippen LogP contribution in [0, 0.1) is 10.8 Å². The van der Waals surface area contributed by atoms with Gasteiger partial charge >= 0.3 is 0 Å². The van der Waals surface area contributed by atoms with Gasteiger partial charge in [0.25, 0.3) is 6.71 Å². The van der Waals surface area contributed by atoms with Crippen LogP contribution in [0.4, 0.5) is 28.4 Å². The predicted octanol–water partition coefficient (Wildman–Crippen LogP) is 18.2. The third kappa shape index (κ3) is 7.85. The lowest BCUT2D eigenvalue weighted by Crippen LogP contribution is -2.57. The minimum absolute atomic E-state index is 0.00369. The molecule has 0 fully saturated rings. The summed E-state index contributed by atoms with van der Waals surface area (Å²) in [5.74, 6) is 2.30. The van der Waals surface area contributed by atoms with Crippen molar-refractivity contribution in [1.29, 1.82) is 0 Å². The Kier molecular flexibility index (Phi) is 11.1. The van der Waals surface area contributed by atoms with Gasteiger partial charge in [-0.15, -0.1) is 0 Å². The van der Waals surface area contributed by atoms with Gasteiger partial charge < -0.3 is 9.64 Å². The van der Waals surface area contributed by atoms with Crippen LogP contribution in [0.5, 0.6) is 0 Å². The Morgan fingerprint density at radius 1 is 0.500 bits per heavy atom. The van der Waals surface area contributed by atoms with E-state index in [0.29, 0.717) is 5.92 Å². The number of hydrogen-bond donors (Lipinski definition) is 0. The predicted molar refractivity (Wildman–Crippen MR) is 317 cm³/mol. The molecule has 0 bridgehead atoms. The van der Waals surface area contributed by atoms with Gasteiger partial charge in [0.05, 0.1) is 0 Å². The molecule has 0 spiro atoms. The summed E-state index contributed by atoms with van der Waals surface area (Å²) >= 11 is 0. The number of nitrogens with zero attached hydrogens (tertiary/aromatic N) is 2. The fourth-order valence-corrected chi connectivity index (χ4v) is 15.2. The molecule has 3 heterocycles. The van der Waals surface area contributed by atoms with Crippen molar-refractivity contribution >= 4 is 46.1 Å². The lowest BCUT2D eigenvalue weighted by atomic mass is 9.31. The fraction of sp³-hybridized carbons (Fsp3) is 0.514. The maximum absolute atomic E-state index is 7.76. The second-order valence-corrected chi connectivity index (χ2v) is 29.6. The first-order valence-corrected chi connectivity index (χ1v) is 29.2. The second-order valence-electron chi connectivity index (χ2n) is 29.6. The van der Waals surface area contributed by atoms with Gasteiger partial charge in [-0.2, -0.15) is 0 Å². The fourth-order valence-electron chi connectivity index (χ4n) is 15.2. The minimum Gasteiger partial charge on any atom is -0.446 e. The average Bonchev–Trinajstić information content (AvgIpc) is 3.38. The third-order valence-electron chi connectivity index (χ3n) is 20.9. The lowest BCUT2D eigenvalue weighted by molar-refractivity contribution is 0.183. The first kappa shape index (κ1) is 49.9. The van der Waals surface area contributed by atoms with Gasteiger partial charge in [-0.25, -0.2) is 0 Å². The zero-order valence-electron chi connectivity index (χ0n) is 48.4. The van der Waals surface area contributed by atoms with E-state index in [-0.39, 0.29) is 44.6 Å². The molecule has 0 amide bonds. The Bertz CT molecular complexity index is 3220. The summed E-state index contributed by atoms with van der Waals surface area (Å²) in [5, 5.41) is 0. The van der Waals surface area contributed by atoms with E-state index in [2.05, 4.69) is 193 Å². The quantitative estimate of drug-likeness (QED) is 0.168. The highest BCUT2D eigenvalue weighted by Crippen LogP contribution is 2.56. The number of fused-ring (bicyclic) bond motifs is 7. The summed E-state index contributed by atoms with van der Waals surface area (Å²) < 4.78 is 7.76. The van der Waals surface area contributed by atoms with Crippen LogP contribution in [0.1, 0.15) is 225 Å². The van der Waals surface area contributed by atoms with Crippen molar-refractivity contribution in [3.8, 4) is 11.1 Å². The normalized spacial score (nSPS) is 24.1. The molecule has 74 heavy (non-hydrogen) atoms. The van der Waals surface area contributed by atoms with Gasteiger partial charge in [0.15, 0.2) is 5.88 Å². The van der Waals surface area contributed by atoms with Crippen molar-refractivity contribution in [1.82, 2.24) is 0 Å². The molecule has 12 rings (SSSR count). The molecule has 4 heteroatoms. The number of rotatable bonds is 3. The first-order chi connectivity index (χ1) is 34.7. The summed E-state index contributed by atoms with van der Waals surface area (Å²) in [6.07, 6.45) is 15.0. The van der Waals surface area contributed by atoms with Crippen LogP contribution < -0.4 is 20.7 Å². The molecule has 0 aromatic heterocycles. The number of anilines is 5. The van der Waals surface area contributed by atoms with Crippen LogP contribution in [0.2, 0.25) is 0 Å². The molecule has 4 aliphatic carbocycles. The van der Waals surface area contributed by atoms with Gasteiger partial charge in [0, 0.05) is 33.9 Å². The van der Waals surface area contributed by atoms with Gasteiger partial charge in [0.1, 0.15) is 5.76 Å². The van der Waals surface area contributed by atoms with Crippen LogP contribution in [-0.2, 0) is 44.7 Å². The Hall–Kier alpha value is -4.96. The number of aryl methyl sites for hydroxylation is 2. The SMILES string of the molecule is C=C1OC2=C(CC(C)(C)CCC1(C)C)B1c3cc4c(cc3N(c3ccc5c(c3)C(C)(C)CCC5(C)C)c3cc(-c5ccc6c(c5)CCCC6)cc(c31)N2c1ccc2c(c1)C(C)(C)CCC2(C)C)C(C)CCC4(C)C. The number of allylic oxidation sites excluding steroid dienone is 2. The summed E-state index contributed by atoms with van der Waals surface area (Å²) in [5.41, 5.74) is 25.3. The maximum atomic E-state index is 7.76. The molecular weight excluding hydrogens is 896 g/mol. The van der Waals surface area contributed by atoms with Crippen molar-refractivity contribution < 1.29 is 4.74 Å². The Balaban J connectivity index is 1.23. The zero-order chi connectivity index (χ0) is 52.4. The summed E-state index contributed by atoms with van der Waals surface area (Å²) in [4.78, 5) is 5.36. The molecule has 1 unspecified atom stereocenters. The highest BCUT2D eigenvalue weighted by atomic mass is 16.5. The van der Waals surface area contributed by atoms with E-state index in [9.17, 15) is 0 Å². The maximum Gasteiger partial charge on any atom is 0.251 e. The lowest BCUT2D eigenvalue weighted by Gasteiger charge is -2.48. The molecule has 386 valence electrons. The topological polar surface area (TPSA) is 15.7 Å². The van der Waals surface area contributed by atoms with E-state index < -0.39 is 0 Å². The van der Waals surface area contributed by atoms with Crippen molar-refractivity contribution in [3.63, 3.8) is 0 Å². The highest BCUT2D eigenvalue weighted by Gasteiger charge is 2.50. The largest absolute Gasteiger partial charge is 0.446 e. The van der Waals surface area contributed by atoms with Gasteiger partial charge in [0.2, 0.25) is 0 Å². The molecule has 0 saturated carbocycles. The van der Waals surface area contributed by atoms with Crippen LogP contribution in [0.3, 0.4) is 0 Å². The third-order valence-corrected chi connectivity index (χ3v) is 20.9. The molecule has 1 atom stereocenters. The Morgan fingerprint density at radius 3 is 1.66 bits per heavy atom. The van der Waals surface area contributed by atoms with Crippen LogP contribution in [0.25, 0.3) is 11.1 Å². The molecule has 3 aliphatic heterocycles. The number of hydrogen-bond acceptors (Lipinski definition) is 3. The molecule has 0 saturated heterocycles. The smallest absolute Gasteiger partial charge is 0.251 e.